The molecule has 23 heavy (non-hydrogen) atoms. The minimum absolute atomic E-state index is 0.0487. The predicted molar refractivity (Wildman–Crippen MR) is 91.2 cm³/mol. The highest BCUT2D eigenvalue weighted by atomic mass is 16.2. The van der Waals surface area contributed by atoms with Gasteiger partial charge in [-0.3, -0.25) is 9.59 Å². The molecule has 3 N–H and O–H groups in total. The molecule has 2 aromatic rings. The van der Waals surface area contributed by atoms with Crippen molar-refractivity contribution in [3.8, 4) is 0 Å². The van der Waals surface area contributed by atoms with Crippen LogP contribution in [0.3, 0.4) is 0 Å². The zero-order chi connectivity index (χ0) is 16.6. The smallest absolute Gasteiger partial charge is 0.228 e. The molecule has 4 nitrogen and oxygen atoms in total. The first kappa shape index (κ1) is 15.3. The summed E-state index contributed by atoms with van der Waals surface area (Å²) in [7, 11) is 0. The Morgan fingerprint density at radius 1 is 1.00 bits per heavy atom. The van der Waals surface area contributed by atoms with Crippen LogP contribution in [0.2, 0.25) is 0 Å². The molecular formula is C19H20N2O2. The number of hydrogen-bond acceptors (Lipinski definition) is 3. The van der Waals surface area contributed by atoms with Crippen molar-refractivity contribution in [2.75, 3.05) is 11.1 Å². The van der Waals surface area contributed by atoms with Crippen LogP contribution in [0.15, 0.2) is 48.5 Å². The van der Waals surface area contributed by atoms with E-state index in [0.717, 1.165) is 6.42 Å². The molecule has 0 heterocycles. The lowest BCUT2D eigenvalue weighted by Crippen LogP contribution is -2.16. The van der Waals surface area contributed by atoms with Crippen LogP contribution in [-0.2, 0) is 4.79 Å². The molecule has 2 aromatic carbocycles. The molecule has 0 radical (unpaired) electrons. The van der Waals surface area contributed by atoms with E-state index in [1.54, 1.807) is 48.5 Å². The maximum atomic E-state index is 12.4. The summed E-state index contributed by atoms with van der Waals surface area (Å²) in [5.74, 6) is 0.0670. The average Bonchev–Trinajstić information content (AvgIpc) is 3.17. The van der Waals surface area contributed by atoms with Gasteiger partial charge in [-0.1, -0.05) is 13.8 Å². The summed E-state index contributed by atoms with van der Waals surface area (Å²) in [6.07, 6.45) is 0.923. The van der Waals surface area contributed by atoms with Crippen molar-refractivity contribution in [2.24, 2.45) is 11.3 Å². The molecule has 1 fully saturated rings. The molecule has 1 saturated carbocycles. The maximum absolute atomic E-state index is 12.4. The molecular weight excluding hydrogens is 288 g/mol. The van der Waals surface area contributed by atoms with Gasteiger partial charge in [-0.05, 0) is 60.4 Å². The monoisotopic (exact) mass is 308 g/mol. The average molecular weight is 308 g/mol. The highest BCUT2D eigenvalue weighted by Gasteiger charge is 2.50. The van der Waals surface area contributed by atoms with E-state index in [-0.39, 0.29) is 23.0 Å². The minimum Gasteiger partial charge on any atom is -0.399 e. The van der Waals surface area contributed by atoms with Crippen LogP contribution in [-0.4, -0.2) is 11.7 Å². The largest absolute Gasteiger partial charge is 0.399 e. The lowest BCUT2D eigenvalue weighted by molar-refractivity contribution is -0.118. The van der Waals surface area contributed by atoms with Gasteiger partial charge in [-0.2, -0.15) is 0 Å². The third kappa shape index (κ3) is 3.26. The van der Waals surface area contributed by atoms with Crippen molar-refractivity contribution >= 4 is 23.1 Å². The van der Waals surface area contributed by atoms with Gasteiger partial charge in [0.2, 0.25) is 5.91 Å². The van der Waals surface area contributed by atoms with Crippen molar-refractivity contribution < 1.29 is 9.59 Å². The van der Waals surface area contributed by atoms with Crippen molar-refractivity contribution in [1.29, 1.82) is 0 Å². The van der Waals surface area contributed by atoms with Gasteiger partial charge in [0.15, 0.2) is 5.78 Å². The fourth-order valence-corrected chi connectivity index (χ4v) is 2.65. The predicted octanol–water partition coefficient (Wildman–Crippen LogP) is 3.48. The Bertz CT molecular complexity index is 746. The summed E-state index contributed by atoms with van der Waals surface area (Å²) >= 11 is 0. The van der Waals surface area contributed by atoms with Gasteiger partial charge in [0.1, 0.15) is 0 Å². The Morgan fingerprint density at radius 3 is 1.96 bits per heavy atom. The number of nitrogens with one attached hydrogen (secondary N) is 1. The van der Waals surface area contributed by atoms with E-state index in [4.69, 9.17) is 5.73 Å². The topological polar surface area (TPSA) is 72.2 Å². The number of ketones is 1. The number of hydrogen-bond donors (Lipinski definition) is 2. The Balaban J connectivity index is 1.68. The van der Waals surface area contributed by atoms with E-state index in [1.807, 2.05) is 0 Å². The second-order valence-electron chi connectivity index (χ2n) is 6.76. The standard InChI is InChI=1S/C19H20N2O2/c1-19(2)11-16(19)18(23)21-15-9-5-13(6-10-15)17(22)12-3-7-14(20)8-4-12/h3-10,16H,11,20H2,1-2H3,(H,21,23). The van der Waals surface area contributed by atoms with Crippen LogP contribution in [0, 0.1) is 11.3 Å². The third-order valence-electron chi connectivity index (χ3n) is 4.42. The van der Waals surface area contributed by atoms with E-state index < -0.39 is 0 Å². The number of nitrogen functional groups attached to an aromatic ring is 1. The number of rotatable bonds is 4. The lowest BCUT2D eigenvalue weighted by Gasteiger charge is -2.07. The molecule has 1 amide bonds. The fraction of sp³-hybridized carbons (Fsp3) is 0.263. The summed E-state index contributed by atoms with van der Waals surface area (Å²) in [4.78, 5) is 24.4. The van der Waals surface area contributed by atoms with Crippen LogP contribution in [0.5, 0.6) is 0 Å². The highest BCUT2D eigenvalue weighted by molar-refractivity contribution is 6.09. The molecule has 0 bridgehead atoms. The fourth-order valence-electron chi connectivity index (χ4n) is 2.65. The zero-order valence-electron chi connectivity index (χ0n) is 13.3. The molecule has 0 aromatic heterocycles. The Kier molecular flexibility index (Phi) is 3.68. The first-order valence-electron chi connectivity index (χ1n) is 7.68. The van der Waals surface area contributed by atoms with E-state index in [0.29, 0.717) is 22.5 Å². The number of nitrogens with two attached hydrogens (primary N) is 1. The van der Waals surface area contributed by atoms with Gasteiger partial charge < -0.3 is 11.1 Å². The first-order chi connectivity index (χ1) is 10.9. The number of benzene rings is 2. The maximum Gasteiger partial charge on any atom is 0.228 e. The second kappa shape index (κ2) is 5.54. The van der Waals surface area contributed by atoms with Gasteiger partial charge in [0.05, 0.1) is 0 Å². The molecule has 0 spiro atoms. The van der Waals surface area contributed by atoms with Gasteiger partial charge in [0.25, 0.3) is 0 Å². The summed E-state index contributed by atoms with van der Waals surface area (Å²) in [5.41, 5.74) is 8.25. The van der Waals surface area contributed by atoms with Crippen LogP contribution in [0.1, 0.15) is 36.2 Å². The van der Waals surface area contributed by atoms with E-state index in [9.17, 15) is 9.59 Å². The van der Waals surface area contributed by atoms with Crippen LogP contribution >= 0.6 is 0 Å². The summed E-state index contributed by atoms with van der Waals surface area (Å²) in [6, 6.07) is 13.8. The van der Waals surface area contributed by atoms with Crippen LogP contribution in [0.25, 0.3) is 0 Å². The van der Waals surface area contributed by atoms with Crippen molar-refractivity contribution in [1.82, 2.24) is 0 Å². The highest BCUT2D eigenvalue weighted by Crippen LogP contribution is 2.51. The molecule has 3 rings (SSSR count). The third-order valence-corrected chi connectivity index (χ3v) is 4.42. The Hall–Kier alpha value is -2.62. The molecule has 1 aliphatic carbocycles. The van der Waals surface area contributed by atoms with Gasteiger partial charge in [0, 0.05) is 28.4 Å². The Morgan fingerprint density at radius 2 is 1.48 bits per heavy atom. The lowest BCUT2D eigenvalue weighted by atomic mass is 10.0. The number of carbonyl (C=O) groups is 2. The number of carbonyl (C=O) groups excluding carboxylic acids is 2. The van der Waals surface area contributed by atoms with Gasteiger partial charge >= 0.3 is 0 Å². The first-order valence-corrected chi connectivity index (χ1v) is 7.68. The number of amides is 1. The second-order valence-corrected chi connectivity index (χ2v) is 6.76. The summed E-state index contributed by atoms with van der Waals surface area (Å²) in [6.45, 7) is 4.18. The van der Waals surface area contributed by atoms with Crippen molar-refractivity contribution in [2.45, 2.75) is 20.3 Å². The zero-order valence-corrected chi connectivity index (χ0v) is 13.3. The molecule has 1 unspecified atom stereocenters. The van der Waals surface area contributed by atoms with Crippen molar-refractivity contribution in [3.63, 3.8) is 0 Å². The summed E-state index contributed by atoms with van der Waals surface area (Å²) < 4.78 is 0. The van der Waals surface area contributed by atoms with E-state index in [2.05, 4.69) is 19.2 Å². The van der Waals surface area contributed by atoms with E-state index in [1.165, 1.54) is 0 Å². The van der Waals surface area contributed by atoms with Crippen molar-refractivity contribution in [3.05, 3.63) is 59.7 Å². The molecule has 0 aliphatic heterocycles. The molecule has 1 aliphatic rings. The SMILES string of the molecule is CC1(C)CC1C(=O)Nc1ccc(C(=O)c2ccc(N)cc2)cc1. The Labute approximate surface area is 135 Å². The van der Waals surface area contributed by atoms with E-state index >= 15 is 0 Å². The van der Waals surface area contributed by atoms with Crippen LogP contribution < -0.4 is 11.1 Å². The summed E-state index contributed by atoms with van der Waals surface area (Å²) in [5, 5.41) is 2.91. The molecule has 1 atom stereocenters. The van der Waals surface area contributed by atoms with Crippen LogP contribution in [0.4, 0.5) is 11.4 Å². The molecule has 0 saturated heterocycles. The normalized spacial score (nSPS) is 18.3. The minimum atomic E-state index is -0.0637. The quantitative estimate of drug-likeness (QED) is 0.671. The molecule has 118 valence electrons. The van der Waals surface area contributed by atoms with Gasteiger partial charge in [-0.15, -0.1) is 0 Å². The number of anilines is 2. The van der Waals surface area contributed by atoms with Gasteiger partial charge in [-0.25, -0.2) is 0 Å². The molecule has 4 heteroatoms.